The van der Waals surface area contributed by atoms with Gasteiger partial charge >= 0.3 is 0 Å². The third kappa shape index (κ3) is 6.00. The highest BCUT2D eigenvalue weighted by Gasteiger charge is 2.33. The van der Waals surface area contributed by atoms with Crippen molar-refractivity contribution in [1.82, 2.24) is 14.5 Å². The van der Waals surface area contributed by atoms with Crippen LogP contribution in [0.2, 0.25) is 0 Å². The quantitative estimate of drug-likeness (QED) is 0.644. The molecular weight excluding hydrogens is 438 g/mol. The average Bonchev–Trinajstić information content (AvgIpc) is 3.24. The molecule has 176 valence electrons. The van der Waals surface area contributed by atoms with Gasteiger partial charge in [0.25, 0.3) is 0 Å². The highest BCUT2D eigenvalue weighted by atomic mass is 32.2. The Labute approximate surface area is 195 Å². The van der Waals surface area contributed by atoms with Crippen LogP contribution in [0.15, 0.2) is 60.7 Å². The zero-order chi connectivity index (χ0) is 23.3. The number of hydrogen-bond acceptors (Lipinski definition) is 4. The third-order valence-electron chi connectivity index (χ3n) is 6.50. The van der Waals surface area contributed by atoms with E-state index < -0.39 is 10.0 Å². The van der Waals surface area contributed by atoms with E-state index in [1.807, 2.05) is 65.6 Å². The van der Waals surface area contributed by atoms with E-state index in [9.17, 15) is 18.0 Å². The summed E-state index contributed by atoms with van der Waals surface area (Å²) in [6.07, 6.45) is 2.39. The molecule has 2 fully saturated rings. The van der Waals surface area contributed by atoms with Crippen molar-refractivity contribution in [3.8, 4) is 0 Å². The van der Waals surface area contributed by atoms with Gasteiger partial charge in [0.2, 0.25) is 21.8 Å². The molecule has 2 aromatic carbocycles. The number of sulfonamides is 1. The van der Waals surface area contributed by atoms with Crippen LogP contribution in [0.4, 0.5) is 0 Å². The molecule has 7 nitrogen and oxygen atoms in total. The second-order valence-electron chi connectivity index (χ2n) is 8.83. The lowest BCUT2D eigenvalue weighted by Crippen LogP contribution is -2.45. The van der Waals surface area contributed by atoms with Gasteiger partial charge in [0.1, 0.15) is 0 Å². The van der Waals surface area contributed by atoms with Crippen LogP contribution in [0, 0.1) is 5.92 Å². The first kappa shape index (κ1) is 23.4. The van der Waals surface area contributed by atoms with Crippen molar-refractivity contribution in [2.45, 2.75) is 37.5 Å². The highest BCUT2D eigenvalue weighted by Crippen LogP contribution is 2.24. The van der Waals surface area contributed by atoms with Crippen LogP contribution < -0.4 is 5.32 Å². The van der Waals surface area contributed by atoms with Crippen molar-refractivity contribution in [3.05, 3.63) is 71.8 Å². The Kier molecular flexibility index (Phi) is 7.45. The van der Waals surface area contributed by atoms with E-state index in [0.717, 1.165) is 24.1 Å². The normalized spacial score (nSPS) is 18.9. The lowest BCUT2D eigenvalue weighted by Gasteiger charge is -2.32. The minimum Gasteiger partial charge on any atom is -0.347 e. The van der Waals surface area contributed by atoms with Crippen molar-refractivity contribution in [3.63, 3.8) is 0 Å². The molecule has 0 saturated carbocycles. The van der Waals surface area contributed by atoms with Crippen LogP contribution in [0.25, 0.3) is 0 Å². The number of rotatable bonds is 8. The Morgan fingerprint density at radius 2 is 1.61 bits per heavy atom. The summed E-state index contributed by atoms with van der Waals surface area (Å²) in [5.74, 6) is -0.212. The third-order valence-corrected chi connectivity index (χ3v) is 8.35. The maximum absolute atomic E-state index is 13.1. The number of benzene rings is 2. The van der Waals surface area contributed by atoms with Gasteiger partial charge in [0.05, 0.1) is 11.8 Å². The molecule has 2 saturated heterocycles. The Morgan fingerprint density at radius 3 is 2.21 bits per heavy atom. The Balaban J connectivity index is 1.36. The van der Waals surface area contributed by atoms with Gasteiger partial charge in [-0.3, -0.25) is 9.59 Å². The molecule has 2 aliphatic rings. The highest BCUT2D eigenvalue weighted by molar-refractivity contribution is 7.88. The lowest BCUT2D eigenvalue weighted by molar-refractivity contribution is -0.130. The molecule has 2 heterocycles. The molecular formula is C25H31N3O4S. The number of amides is 2. The van der Waals surface area contributed by atoms with Crippen LogP contribution in [0.5, 0.6) is 0 Å². The molecule has 1 unspecified atom stereocenters. The van der Waals surface area contributed by atoms with Gasteiger partial charge in [-0.1, -0.05) is 60.7 Å². The van der Waals surface area contributed by atoms with E-state index in [1.54, 1.807) is 0 Å². The smallest absolute Gasteiger partial charge is 0.223 e. The van der Waals surface area contributed by atoms with Crippen molar-refractivity contribution in [2.75, 3.05) is 26.2 Å². The second-order valence-corrected chi connectivity index (χ2v) is 10.8. The van der Waals surface area contributed by atoms with Crippen LogP contribution in [0.3, 0.4) is 0 Å². The SMILES string of the molecule is O=C(NC(CN1CCCC1=O)c1ccccc1)C1CCN(S(=O)(=O)Cc2ccccc2)CC1. The van der Waals surface area contributed by atoms with Gasteiger partial charge in [0.15, 0.2) is 0 Å². The number of hydrogen-bond donors (Lipinski definition) is 1. The number of nitrogens with one attached hydrogen (secondary N) is 1. The van der Waals surface area contributed by atoms with Gasteiger partial charge < -0.3 is 10.2 Å². The Bertz CT molecular complexity index is 1050. The van der Waals surface area contributed by atoms with Crippen LogP contribution in [0.1, 0.15) is 42.9 Å². The molecule has 0 aliphatic carbocycles. The summed E-state index contributed by atoms with van der Waals surface area (Å²) in [5.41, 5.74) is 1.73. The van der Waals surface area contributed by atoms with E-state index in [2.05, 4.69) is 5.32 Å². The van der Waals surface area contributed by atoms with E-state index in [-0.39, 0.29) is 29.5 Å². The van der Waals surface area contributed by atoms with Gasteiger partial charge in [-0.25, -0.2) is 12.7 Å². The van der Waals surface area contributed by atoms with Gasteiger partial charge in [-0.05, 0) is 30.4 Å². The zero-order valence-corrected chi connectivity index (χ0v) is 19.5. The van der Waals surface area contributed by atoms with E-state index in [1.165, 1.54) is 4.31 Å². The summed E-state index contributed by atoms with van der Waals surface area (Å²) in [6.45, 7) is 1.86. The van der Waals surface area contributed by atoms with E-state index in [4.69, 9.17) is 0 Å². The fourth-order valence-electron chi connectivity index (χ4n) is 4.60. The predicted molar refractivity (Wildman–Crippen MR) is 127 cm³/mol. The average molecular weight is 470 g/mol. The summed E-state index contributed by atoms with van der Waals surface area (Å²) in [7, 11) is -3.42. The van der Waals surface area contributed by atoms with Crippen LogP contribution >= 0.6 is 0 Å². The van der Waals surface area contributed by atoms with Crippen molar-refractivity contribution in [1.29, 1.82) is 0 Å². The minimum atomic E-state index is -3.42. The molecule has 1 N–H and O–H groups in total. The molecule has 33 heavy (non-hydrogen) atoms. The summed E-state index contributed by atoms with van der Waals surface area (Å²) in [6, 6.07) is 18.6. The predicted octanol–water partition coefficient (Wildman–Crippen LogP) is 2.71. The van der Waals surface area contributed by atoms with Crippen molar-refractivity contribution < 1.29 is 18.0 Å². The second kappa shape index (κ2) is 10.5. The van der Waals surface area contributed by atoms with Crippen molar-refractivity contribution in [2.24, 2.45) is 5.92 Å². The van der Waals surface area contributed by atoms with Gasteiger partial charge in [0, 0.05) is 38.5 Å². The maximum Gasteiger partial charge on any atom is 0.223 e. The first-order chi connectivity index (χ1) is 15.9. The molecule has 2 aliphatic heterocycles. The summed E-state index contributed by atoms with van der Waals surface area (Å²) in [5, 5.41) is 3.14. The molecule has 0 spiro atoms. The largest absolute Gasteiger partial charge is 0.347 e. The molecule has 8 heteroatoms. The maximum atomic E-state index is 13.1. The van der Waals surface area contributed by atoms with Crippen molar-refractivity contribution >= 4 is 21.8 Å². The molecule has 0 aromatic heterocycles. The number of nitrogens with zero attached hydrogens (tertiary/aromatic N) is 2. The molecule has 0 bridgehead atoms. The topological polar surface area (TPSA) is 86.8 Å². The van der Waals surface area contributed by atoms with Gasteiger partial charge in [-0.2, -0.15) is 0 Å². The number of carbonyl (C=O) groups excluding carboxylic acids is 2. The Hall–Kier alpha value is -2.71. The minimum absolute atomic E-state index is 0.0232. The Morgan fingerprint density at radius 1 is 0.970 bits per heavy atom. The van der Waals surface area contributed by atoms with Crippen LogP contribution in [-0.2, 0) is 25.4 Å². The fraction of sp³-hybridized carbons (Fsp3) is 0.440. The lowest BCUT2D eigenvalue weighted by atomic mass is 9.96. The molecule has 4 rings (SSSR count). The fourth-order valence-corrected chi connectivity index (χ4v) is 6.16. The summed E-state index contributed by atoms with van der Waals surface area (Å²) < 4.78 is 27.1. The van der Waals surface area contributed by atoms with E-state index in [0.29, 0.717) is 38.9 Å². The first-order valence-corrected chi connectivity index (χ1v) is 13.2. The molecule has 1 atom stereocenters. The monoisotopic (exact) mass is 469 g/mol. The van der Waals surface area contributed by atoms with Crippen LogP contribution in [-0.4, -0.2) is 55.6 Å². The zero-order valence-electron chi connectivity index (χ0n) is 18.7. The number of piperidine rings is 1. The molecule has 2 aromatic rings. The van der Waals surface area contributed by atoms with E-state index >= 15 is 0 Å². The molecule has 2 amide bonds. The number of likely N-dealkylation sites (tertiary alicyclic amines) is 1. The molecule has 0 radical (unpaired) electrons. The first-order valence-electron chi connectivity index (χ1n) is 11.6. The summed E-state index contributed by atoms with van der Waals surface area (Å²) >= 11 is 0. The standard InChI is InChI=1S/C25H31N3O4S/c29-24-12-7-15-27(24)18-23(21-10-5-2-6-11-21)26-25(30)22-13-16-28(17-14-22)33(31,32)19-20-8-3-1-4-9-20/h1-6,8-11,22-23H,7,12-19H2,(H,26,30). The summed E-state index contributed by atoms with van der Waals surface area (Å²) in [4.78, 5) is 27.1. The number of carbonyl (C=O) groups is 2. The van der Waals surface area contributed by atoms with Gasteiger partial charge in [-0.15, -0.1) is 0 Å².